The normalized spacial score (nSPS) is 18.2. The number of amides is 1. The first-order valence-corrected chi connectivity index (χ1v) is 6.09. The molecule has 94 valence electrons. The summed E-state index contributed by atoms with van der Waals surface area (Å²) in [6.07, 6.45) is 5.73. The first-order chi connectivity index (χ1) is 8.15. The smallest absolute Gasteiger partial charge is 0.254 e. The molecule has 1 aliphatic carbocycles. The first-order valence-electron chi connectivity index (χ1n) is 6.09. The second-order valence-electron chi connectivity index (χ2n) is 4.99. The molecule has 17 heavy (non-hydrogen) atoms. The number of carbonyl (C=O) groups excluding carboxylic acids is 1. The SMILES string of the molecule is Cc1cc(C(=O)NCC2(CO)CCCC2)co1. The van der Waals surface area contributed by atoms with E-state index in [4.69, 9.17) is 4.42 Å². The van der Waals surface area contributed by atoms with Crippen LogP contribution in [-0.4, -0.2) is 24.2 Å². The van der Waals surface area contributed by atoms with Gasteiger partial charge in [0.1, 0.15) is 12.0 Å². The van der Waals surface area contributed by atoms with Crippen LogP contribution in [0.1, 0.15) is 41.8 Å². The standard InChI is InChI=1S/C13H19NO3/c1-10-6-11(7-17-10)12(16)14-8-13(9-15)4-2-3-5-13/h6-7,15H,2-5,8-9H2,1H3,(H,14,16). The Morgan fingerprint density at radius 3 is 2.76 bits per heavy atom. The average molecular weight is 237 g/mol. The fourth-order valence-electron chi connectivity index (χ4n) is 2.45. The van der Waals surface area contributed by atoms with E-state index in [1.807, 2.05) is 6.92 Å². The Morgan fingerprint density at radius 2 is 2.24 bits per heavy atom. The third-order valence-electron chi connectivity index (χ3n) is 3.62. The van der Waals surface area contributed by atoms with Crippen molar-refractivity contribution in [2.75, 3.05) is 13.2 Å². The van der Waals surface area contributed by atoms with Crippen molar-refractivity contribution in [1.29, 1.82) is 0 Å². The summed E-state index contributed by atoms with van der Waals surface area (Å²) in [5.74, 6) is 0.606. The highest BCUT2D eigenvalue weighted by atomic mass is 16.3. The molecule has 2 N–H and O–H groups in total. The number of furan rings is 1. The van der Waals surface area contributed by atoms with E-state index in [0.717, 1.165) is 31.4 Å². The number of carbonyl (C=O) groups is 1. The number of hydrogen-bond acceptors (Lipinski definition) is 3. The maximum absolute atomic E-state index is 11.8. The largest absolute Gasteiger partial charge is 0.469 e. The molecule has 4 heteroatoms. The predicted octanol–water partition coefficient (Wildman–Crippen LogP) is 1.87. The van der Waals surface area contributed by atoms with Crippen molar-refractivity contribution in [2.45, 2.75) is 32.6 Å². The van der Waals surface area contributed by atoms with Crippen LogP contribution in [-0.2, 0) is 0 Å². The van der Waals surface area contributed by atoms with Gasteiger partial charge in [0.05, 0.1) is 12.2 Å². The van der Waals surface area contributed by atoms with E-state index in [2.05, 4.69) is 5.32 Å². The lowest BCUT2D eigenvalue weighted by atomic mass is 9.87. The molecule has 1 saturated carbocycles. The Bertz CT molecular complexity index is 391. The molecule has 2 rings (SSSR count). The molecule has 1 amide bonds. The molecule has 1 heterocycles. The molecule has 0 aromatic carbocycles. The molecule has 1 aromatic rings. The molecular formula is C13H19NO3. The van der Waals surface area contributed by atoms with Crippen LogP contribution in [0.3, 0.4) is 0 Å². The third kappa shape index (κ3) is 2.69. The van der Waals surface area contributed by atoms with Crippen LogP contribution in [0.5, 0.6) is 0 Å². The molecule has 1 fully saturated rings. The minimum absolute atomic E-state index is 0.103. The second kappa shape index (κ2) is 4.92. The summed E-state index contributed by atoms with van der Waals surface area (Å²) in [7, 11) is 0. The molecule has 1 aromatic heterocycles. The summed E-state index contributed by atoms with van der Waals surface area (Å²) >= 11 is 0. The highest BCUT2D eigenvalue weighted by molar-refractivity contribution is 5.93. The molecule has 0 bridgehead atoms. The highest BCUT2D eigenvalue weighted by Crippen LogP contribution is 2.36. The summed E-state index contributed by atoms with van der Waals surface area (Å²) in [6.45, 7) is 2.51. The van der Waals surface area contributed by atoms with Gasteiger partial charge in [0.25, 0.3) is 5.91 Å². The van der Waals surface area contributed by atoms with Gasteiger partial charge in [-0.1, -0.05) is 12.8 Å². The zero-order chi connectivity index (χ0) is 12.3. The van der Waals surface area contributed by atoms with Crippen LogP contribution in [0, 0.1) is 12.3 Å². The summed E-state index contributed by atoms with van der Waals surface area (Å²) in [5, 5.41) is 12.3. The van der Waals surface area contributed by atoms with Crippen LogP contribution in [0.15, 0.2) is 16.7 Å². The zero-order valence-electron chi connectivity index (χ0n) is 10.2. The van der Waals surface area contributed by atoms with E-state index in [0.29, 0.717) is 12.1 Å². The highest BCUT2D eigenvalue weighted by Gasteiger charge is 2.33. The Labute approximate surface area is 101 Å². The van der Waals surface area contributed by atoms with Crippen molar-refractivity contribution in [3.63, 3.8) is 0 Å². The van der Waals surface area contributed by atoms with Crippen molar-refractivity contribution in [3.8, 4) is 0 Å². The molecular weight excluding hydrogens is 218 g/mol. The van der Waals surface area contributed by atoms with Crippen LogP contribution in [0.25, 0.3) is 0 Å². The third-order valence-corrected chi connectivity index (χ3v) is 3.62. The zero-order valence-corrected chi connectivity index (χ0v) is 10.2. The van der Waals surface area contributed by atoms with Gasteiger partial charge in [-0.3, -0.25) is 4.79 Å². The molecule has 0 unspecified atom stereocenters. The predicted molar refractivity (Wildman–Crippen MR) is 63.8 cm³/mol. The van der Waals surface area contributed by atoms with Crippen LogP contribution >= 0.6 is 0 Å². The Hall–Kier alpha value is -1.29. The van der Waals surface area contributed by atoms with Crippen LogP contribution in [0.2, 0.25) is 0 Å². The number of aliphatic hydroxyl groups excluding tert-OH is 1. The van der Waals surface area contributed by atoms with Crippen LogP contribution < -0.4 is 5.32 Å². The molecule has 0 radical (unpaired) electrons. The lowest BCUT2D eigenvalue weighted by Gasteiger charge is -2.26. The van der Waals surface area contributed by atoms with Gasteiger partial charge in [-0.15, -0.1) is 0 Å². The fourth-order valence-corrected chi connectivity index (χ4v) is 2.45. The molecule has 0 atom stereocenters. The van der Waals surface area contributed by atoms with Gasteiger partial charge in [0.2, 0.25) is 0 Å². The maximum Gasteiger partial charge on any atom is 0.254 e. The van der Waals surface area contributed by atoms with Gasteiger partial charge in [-0.2, -0.15) is 0 Å². The van der Waals surface area contributed by atoms with E-state index in [-0.39, 0.29) is 17.9 Å². The molecule has 0 spiro atoms. The van der Waals surface area contributed by atoms with E-state index in [1.165, 1.54) is 6.26 Å². The minimum Gasteiger partial charge on any atom is -0.469 e. The molecule has 4 nitrogen and oxygen atoms in total. The van der Waals surface area contributed by atoms with Crippen molar-refractivity contribution >= 4 is 5.91 Å². The summed E-state index contributed by atoms with van der Waals surface area (Å²) in [6, 6.07) is 1.72. The Kier molecular flexibility index (Phi) is 3.52. The average Bonchev–Trinajstić information content (AvgIpc) is 2.95. The topological polar surface area (TPSA) is 62.5 Å². The van der Waals surface area contributed by atoms with E-state index in [1.54, 1.807) is 6.07 Å². The van der Waals surface area contributed by atoms with E-state index >= 15 is 0 Å². The lowest BCUT2D eigenvalue weighted by molar-refractivity contribution is 0.0880. The van der Waals surface area contributed by atoms with Gasteiger partial charge >= 0.3 is 0 Å². The van der Waals surface area contributed by atoms with Crippen molar-refractivity contribution in [2.24, 2.45) is 5.41 Å². The van der Waals surface area contributed by atoms with E-state index < -0.39 is 0 Å². The number of aliphatic hydroxyl groups is 1. The number of rotatable bonds is 4. The first kappa shape index (κ1) is 12.2. The molecule has 0 saturated heterocycles. The molecule has 0 aliphatic heterocycles. The van der Waals surface area contributed by atoms with Gasteiger partial charge in [-0.05, 0) is 25.8 Å². The summed E-state index contributed by atoms with van der Waals surface area (Å²) < 4.78 is 5.10. The Morgan fingerprint density at radius 1 is 1.53 bits per heavy atom. The van der Waals surface area contributed by atoms with Crippen molar-refractivity contribution < 1.29 is 14.3 Å². The van der Waals surface area contributed by atoms with Gasteiger partial charge in [0, 0.05) is 12.0 Å². The lowest BCUT2D eigenvalue weighted by Crippen LogP contribution is -2.38. The number of nitrogens with one attached hydrogen (secondary N) is 1. The van der Waals surface area contributed by atoms with Crippen molar-refractivity contribution in [1.82, 2.24) is 5.32 Å². The Balaban J connectivity index is 1.91. The minimum atomic E-state index is -0.124. The summed E-state index contributed by atoms with van der Waals surface area (Å²) in [4.78, 5) is 11.8. The summed E-state index contributed by atoms with van der Waals surface area (Å²) in [5.41, 5.74) is 0.447. The number of hydrogen-bond donors (Lipinski definition) is 2. The van der Waals surface area contributed by atoms with Gasteiger partial charge in [0.15, 0.2) is 0 Å². The van der Waals surface area contributed by atoms with Crippen molar-refractivity contribution in [3.05, 3.63) is 23.7 Å². The monoisotopic (exact) mass is 237 g/mol. The second-order valence-corrected chi connectivity index (χ2v) is 4.99. The maximum atomic E-state index is 11.8. The van der Waals surface area contributed by atoms with E-state index in [9.17, 15) is 9.90 Å². The fraction of sp³-hybridized carbons (Fsp3) is 0.615. The van der Waals surface area contributed by atoms with Gasteiger partial charge in [-0.25, -0.2) is 0 Å². The molecule has 1 aliphatic rings. The number of aryl methyl sites for hydroxylation is 1. The quantitative estimate of drug-likeness (QED) is 0.840. The van der Waals surface area contributed by atoms with Gasteiger partial charge < -0.3 is 14.8 Å². The van der Waals surface area contributed by atoms with Crippen LogP contribution in [0.4, 0.5) is 0 Å².